The molecule has 0 saturated carbocycles. The lowest BCUT2D eigenvalue weighted by Crippen LogP contribution is -2.20. The third kappa shape index (κ3) is 2.82. The van der Waals surface area contributed by atoms with E-state index in [2.05, 4.69) is 39.2 Å². The van der Waals surface area contributed by atoms with Crippen LogP contribution in [-0.4, -0.2) is 40.0 Å². The Hall–Kier alpha value is -1.88. The summed E-state index contributed by atoms with van der Waals surface area (Å²) in [5, 5.41) is 3.21. The molecule has 0 bridgehead atoms. The van der Waals surface area contributed by atoms with Crippen LogP contribution >= 0.6 is 0 Å². The molecule has 5 heteroatoms. The van der Waals surface area contributed by atoms with E-state index < -0.39 is 0 Å². The lowest BCUT2D eigenvalue weighted by atomic mass is 10.0. The van der Waals surface area contributed by atoms with Crippen molar-refractivity contribution < 1.29 is 0 Å². The summed E-state index contributed by atoms with van der Waals surface area (Å²) in [7, 11) is 1.96. The standard InChI is InChI=1S/C15H21N5/c1-11-5-13(16-2)6-15(19-11)12-3-4-20(8-12)9-14-7-17-10-18-14/h5-7,10,12H,3-4,8-9H2,1-2H3,(H,16,19)(H,17,18)/t12-/m1/s1. The number of H-pyrrole nitrogens is 1. The molecule has 0 radical (unpaired) electrons. The highest BCUT2D eigenvalue weighted by Gasteiger charge is 2.25. The van der Waals surface area contributed by atoms with Crippen molar-refractivity contribution in [3.8, 4) is 0 Å². The highest BCUT2D eigenvalue weighted by atomic mass is 15.2. The van der Waals surface area contributed by atoms with Crippen LogP contribution in [0.3, 0.4) is 0 Å². The quantitative estimate of drug-likeness (QED) is 0.894. The lowest BCUT2D eigenvalue weighted by Gasteiger charge is -2.15. The largest absolute Gasteiger partial charge is 0.388 e. The summed E-state index contributed by atoms with van der Waals surface area (Å²) in [5.74, 6) is 0.532. The molecule has 0 aliphatic carbocycles. The number of hydrogen-bond acceptors (Lipinski definition) is 4. The first kappa shape index (κ1) is 13.1. The molecule has 1 aliphatic heterocycles. The fourth-order valence-electron chi connectivity index (χ4n) is 2.88. The van der Waals surface area contributed by atoms with E-state index in [1.807, 2.05) is 13.2 Å². The van der Waals surface area contributed by atoms with Crippen molar-refractivity contribution in [3.63, 3.8) is 0 Å². The van der Waals surface area contributed by atoms with Gasteiger partial charge in [0.1, 0.15) is 0 Å². The highest BCUT2D eigenvalue weighted by Crippen LogP contribution is 2.28. The summed E-state index contributed by atoms with van der Waals surface area (Å²) < 4.78 is 0. The summed E-state index contributed by atoms with van der Waals surface area (Å²) in [6.45, 7) is 5.19. The Balaban J connectivity index is 1.69. The molecule has 1 aliphatic rings. The summed E-state index contributed by atoms with van der Waals surface area (Å²) in [4.78, 5) is 14.4. The molecule has 1 atom stereocenters. The van der Waals surface area contributed by atoms with Gasteiger partial charge in [-0.1, -0.05) is 0 Å². The molecule has 106 valence electrons. The van der Waals surface area contributed by atoms with Crippen LogP contribution in [0.5, 0.6) is 0 Å². The molecule has 1 fully saturated rings. The van der Waals surface area contributed by atoms with E-state index in [1.165, 1.54) is 17.8 Å². The molecule has 0 amide bonds. The number of aromatic amines is 1. The van der Waals surface area contributed by atoms with Crippen LogP contribution < -0.4 is 5.32 Å². The molecule has 5 nitrogen and oxygen atoms in total. The molecule has 0 aromatic carbocycles. The Labute approximate surface area is 119 Å². The van der Waals surface area contributed by atoms with Crippen LogP contribution in [0.1, 0.15) is 29.4 Å². The first-order valence-electron chi connectivity index (χ1n) is 7.10. The SMILES string of the molecule is CNc1cc(C)nc([C@@H]2CCN(Cc3cnc[nH]3)C2)c1. The van der Waals surface area contributed by atoms with Gasteiger partial charge in [-0.05, 0) is 32.0 Å². The summed E-state index contributed by atoms with van der Waals surface area (Å²) in [6, 6.07) is 4.26. The van der Waals surface area contributed by atoms with E-state index in [0.717, 1.165) is 31.0 Å². The molecule has 1 saturated heterocycles. The molecule has 3 rings (SSSR count). The van der Waals surface area contributed by atoms with E-state index >= 15 is 0 Å². The summed E-state index contributed by atoms with van der Waals surface area (Å²) >= 11 is 0. The van der Waals surface area contributed by atoms with Crippen LogP contribution in [0.4, 0.5) is 5.69 Å². The zero-order valence-electron chi connectivity index (χ0n) is 12.1. The number of likely N-dealkylation sites (tertiary alicyclic amines) is 1. The Morgan fingerprint density at radius 3 is 3.10 bits per heavy atom. The Kier molecular flexibility index (Phi) is 3.69. The second kappa shape index (κ2) is 5.63. The second-order valence-electron chi connectivity index (χ2n) is 5.47. The van der Waals surface area contributed by atoms with Gasteiger partial charge < -0.3 is 10.3 Å². The minimum Gasteiger partial charge on any atom is -0.388 e. The zero-order chi connectivity index (χ0) is 13.9. The van der Waals surface area contributed by atoms with Gasteiger partial charge in [-0.25, -0.2) is 4.98 Å². The Morgan fingerprint density at radius 1 is 1.45 bits per heavy atom. The van der Waals surface area contributed by atoms with Gasteiger partial charge in [-0.2, -0.15) is 0 Å². The van der Waals surface area contributed by atoms with Crippen LogP contribution in [0, 0.1) is 6.92 Å². The van der Waals surface area contributed by atoms with Gasteiger partial charge >= 0.3 is 0 Å². The van der Waals surface area contributed by atoms with Crippen molar-refractivity contribution >= 4 is 5.69 Å². The van der Waals surface area contributed by atoms with Crippen molar-refractivity contribution in [3.05, 3.63) is 41.7 Å². The summed E-state index contributed by atoms with van der Waals surface area (Å²) in [6.07, 6.45) is 4.81. The summed E-state index contributed by atoms with van der Waals surface area (Å²) in [5.41, 5.74) is 4.62. The smallest absolute Gasteiger partial charge is 0.0922 e. The molecule has 3 heterocycles. The topological polar surface area (TPSA) is 56.8 Å². The van der Waals surface area contributed by atoms with Gasteiger partial charge in [0.25, 0.3) is 0 Å². The third-order valence-corrected chi connectivity index (χ3v) is 3.90. The predicted molar refractivity (Wildman–Crippen MR) is 79.7 cm³/mol. The minimum absolute atomic E-state index is 0.532. The molecule has 0 spiro atoms. The number of rotatable bonds is 4. The fraction of sp³-hybridized carbons (Fsp3) is 0.467. The number of hydrogen-bond donors (Lipinski definition) is 2. The van der Waals surface area contributed by atoms with Crippen molar-refractivity contribution in [1.82, 2.24) is 19.9 Å². The fourth-order valence-corrected chi connectivity index (χ4v) is 2.88. The molecule has 20 heavy (non-hydrogen) atoms. The molecule has 2 N–H and O–H groups in total. The van der Waals surface area contributed by atoms with Crippen molar-refractivity contribution in [1.29, 1.82) is 0 Å². The zero-order valence-corrected chi connectivity index (χ0v) is 12.1. The first-order valence-corrected chi connectivity index (χ1v) is 7.10. The molecule has 2 aromatic rings. The first-order chi connectivity index (χ1) is 9.74. The molecule has 2 aromatic heterocycles. The van der Waals surface area contributed by atoms with Crippen LogP contribution in [0.25, 0.3) is 0 Å². The Morgan fingerprint density at radius 2 is 2.35 bits per heavy atom. The van der Waals surface area contributed by atoms with E-state index in [9.17, 15) is 0 Å². The average Bonchev–Trinajstić information content (AvgIpc) is 3.10. The van der Waals surface area contributed by atoms with Crippen LogP contribution in [0.15, 0.2) is 24.7 Å². The third-order valence-electron chi connectivity index (χ3n) is 3.90. The average molecular weight is 271 g/mol. The van der Waals surface area contributed by atoms with Gasteiger partial charge in [0.15, 0.2) is 0 Å². The van der Waals surface area contributed by atoms with Gasteiger partial charge in [0, 0.05) is 55.0 Å². The number of pyridine rings is 1. The van der Waals surface area contributed by atoms with Crippen LogP contribution in [0.2, 0.25) is 0 Å². The van der Waals surface area contributed by atoms with Gasteiger partial charge in [-0.15, -0.1) is 0 Å². The number of nitrogens with one attached hydrogen (secondary N) is 2. The van der Waals surface area contributed by atoms with E-state index in [0.29, 0.717) is 5.92 Å². The second-order valence-corrected chi connectivity index (χ2v) is 5.47. The number of nitrogens with zero attached hydrogens (tertiary/aromatic N) is 3. The van der Waals surface area contributed by atoms with E-state index in [4.69, 9.17) is 4.98 Å². The maximum absolute atomic E-state index is 4.71. The molecular formula is C15H21N5. The number of anilines is 1. The van der Waals surface area contributed by atoms with Crippen molar-refractivity contribution in [2.75, 3.05) is 25.5 Å². The number of imidazole rings is 1. The number of aryl methyl sites for hydroxylation is 1. The Bertz CT molecular complexity index is 564. The highest BCUT2D eigenvalue weighted by molar-refractivity contribution is 5.45. The maximum Gasteiger partial charge on any atom is 0.0922 e. The van der Waals surface area contributed by atoms with E-state index in [1.54, 1.807) is 6.33 Å². The van der Waals surface area contributed by atoms with Gasteiger partial charge in [0.05, 0.1) is 6.33 Å². The lowest BCUT2D eigenvalue weighted by molar-refractivity contribution is 0.323. The number of aromatic nitrogens is 3. The maximum atomic E-state index is 4.71. The molecular weight excluding hydrogens is 250 g/mol. The predicted octanol–water partition coefficient (Wildman–Crippen LogP) is 2.14. The van der Waals surface area contributed by atoms with Crippen LogP contribution in [-0.2, 0) is 6.54 Å². The normalized spacial score (nSPS) is 19.4. The van der Waals surface area contributed by atoms with Gasteiger partial charge in [0.2, 0.25) is 0 Å². The van der Waals surface area contributed by atoms with Crippen molar-refractivity contribution in [2.45, 2.75) is 25.8 Å². The monoisotopic (exact) mass is 271 g/mol. The minimum atomic E-state index is 0.532. The molecule has 0 unspecified atom stereocenters. The van der Waals surface area contributed by atoms with Gasteiger partial charge in [-0.3, -0.25) is 9.88 Å². The van der Waals surface area contributed by atoms with Crippen molar-refractivity contribution in [2.24, 2.45) is 0 Å². The van der Waals surface area contributed by atoms with E-state index in [-0.39, 0.29) is 0 Å².